The minimum Gasteiger partial charge on any atom is -0.426 e. The van der Waals surface area contributed by atoms with Crippen LogP contribution in [0.5, 0.6) is 5.75 Å². The van der Waals surface area contributed by atoms with E-state index >= 15 is 0 Å². The largest absolute Gasteiger partial charge is 0.426 e. The molecule has 0 fully saturated rings. The molecule has 0 saturated heterocycles. The second-order valence-corrected chi connectivity index (χ2v) is 4.45. The molecule has 0 atom stereocenters. The second kappa shape index (κ2) is 9.31. The Morgan fingerprint density at radius 1 is 1.16 bits per heavy atom. The summed E-state index contributed by atoms with van der Waals surface area (Å²) in [6, 6.07) is 5.43. The van der Waals surface area contributed by atoms with Crippen LogP contribution in [-0.4, -0.2) is 5.97 Å². The summed E-state index contributed by atoms with van der Waals surface area (Å²) in [6.07, 6.45) is 10.0. The number of allylic oxidation sites excluding steroid dienone is 1. The lowest BCUT2D eigenvalue weighted by atomic mass is 10.1. The summed E-state index contributed by atoms with van der Waals surface area (Å²) in [5, 5.41) is 0. The van der Waals surface area contributed by atoms with Gasteiger partial charge in [0.25, 0.3) is 0 Å². The van der Waals surface area contributed by atoms with Crippen molar-refractivity contribution in [2.75, 3.05) is 0 Å². The molecule has 0 radical (unpaired) electrons. The van der Waals surface area contributed by atoms with Gasteiger partial charge in [-0.2, -0.15) is 0 Å². The van der Waals surface area contributed by atoms with E-state index in [1.165, 1.54) is 43.5 Å². The first-order chi connectivity index (χ1) is 9.22. The molecule has 1 rings (SSSR count). The van der Waals surface area contributed by atoms with E-state index < -0.39 is 0 Å². The van der Waals surface area contributed by atoms with Gasteiger partial charge in [-0.1, -0.05) is 38.3 Å². The van der Waals surface area contributed by atoms with Gasteiger partial charge in [-0.25, -0.2) is 4.39 Å². The van der Waals surface area contributed by atoms with Crippen molar-refractivity contribution in [2.24, 2.45) is 0 Å². The number of hydrogen-bond donors (Lipinski definition) is 0. The third kappa shape index (κ3) is 7.39. The molecular weight excluding hydrogens is 243 g/mol. The first kappa shape index (κ1) is 15.4. The van der Waals surface area contributed by atoms with E-state index in [1.807, 2.05) is 12.2 Å². The van der Waals surface area contributed by atoms with Crippen LogP contribution in [0.3, 0.4) is 0 Å². The van der Waals surface area contributed by atoms with Gasteiger partial charge >= 0.3 is 5.97 Å². The lowest BCUT2D eigenvalue weighted by Gasteiger charge is -2.01. The number of hydrogen-bond acceptors (Lipinski definition) is 2. The highest BCUT2D eigenvalue weighted by atomic mass is 19.1. The molecular formula is C16H21FO2. The Morgan fingerprint density at radius 2 is 1.89 bits per heavy atom. The summed E-state index contributed by atoms with van der Waals surface area (Å²) >= 11 is 0. The van der Waals surface area contributed by atoms with Crippen molar-refractivity contribution in [3.05, 3.63) is 42.2 Å². The van der Waals surface area contributed by atoms with Crippen molar-refractivity contribution in [2.45, 2.75) is 45.4 Å². The minimum absolute atomic E-state index is 0.255. The molecule has 0 unspecified atom stereocenters. The van der Waals surface area contributed by atoms with Crippen molar-refractivity contribution in [1.29, 1.82) is 0 Å². The predicted octanol–water partition coefficient (Wildman–Crippen LogP) is 4.65. The predicted molar refractivity (Wildman–Crippen MR) is 74.6 cm³/mol. The van der Waals surface area contributed by atoms with Crippen LogP contribution in [0.4, 0.5) is 4.39 Å². The highest BCUT2D eigenvalue weighted by Gasteiger charge is 2.02. The average molecular weight is 264 g/mol. The fourth-order valence-corrected chi connectivity index (χ4v) is 1.66. The van der Waals surface area contributed by atoms with Crippen LogP contribution in [0.2, 0.25) is 0 Å². The standard InChI is InChI=1S/C16H21FO2/c1-2-3-4-5-6-7-8-9-16(18)19-15-12-10-14(17)11-13-15/h7-8,10-13H,2-6,9H2,1H3/b8-7+. The Labute approximate surface area is 114 Å². The fourth-order valence-electron chi connectivity index (χ4n) is 1.66. The zero-order chi connectivity index (χ0) is 13.9. The van der Waals surface area contributed by atoms with Gasteiger partial charge in [0.2, 0.25) is 0 Å². The Balaban J connectivity index is 2.17. The van der Waals surface area contributed by atoms with Gasteiger partial charge in [0.15, 0.2) is 0 Å². The van der Waals surface area contributed by atoms with E-state index in [2.05, 4.69) is 6.92 Å². The van der Waals surface area contributed by atoms with Crippen LogP contribution in [0, 0.1) is 5.82 Å². The van der Waals surface area contributed by atoms with Gasteiger partial charge in [0.05, 0.1) is 6.42 Å². The zero-order valence-electron chi connectivity index (χ0n) is 11.4. The van der Waals surface area contributed by atoms with Crippen molar-refractivity contribution in [3.63, 3.8) is 0 Å². The highest BCUT2D eigenvalue weighted by molar-refractivity contribution is 5.73. The molecule has 0 saturated carbocycles. The van der Waals surface area contributed by atoms with Gasteiger partial charge in [-0.3, -0.25) is 4.79 Å². The van der Waals surface area contributed by atoms with Crippen LogP contribution < -0.4 is 4.74 Å². The van der Waals surface area contributed by atoms with Crippen molar-refractivity contribution < 1.29 is 13.9 Å². The maximum atomic E-state index is 12.6. The average Bonchev–Trinajstić information content (AvgIpc) is 2.40. The number of esters is 1. The number of carbonyl (C=O) groups excluding carboxylic acids is 1. The maximum Gasteiger partial charge on any atom is 0.315 e. The number of benzene rings is 1. The van der Waals surface area contributed by atoms with Crippen molar-refractivity contribution >= 4 is 5.97 Å². The van der Waals surface area contributed by atoms with Crippen molar-refractivity contribution in [3.8, 4) is 5.75 Å². The van der Waals surface area contributed by atoms with E-state index in [0.29, 0.717) is 5.75 Å². The Morgan fingerprint density at radius 3 is 2.58 bits per heavy atom. The quantitative estimate of drug-likeness (QED) is 0.296. The smallest absolute Gasteiger partial charge is 0.315 e. The number of unbranched alkanes of at least 4 members (excludes halogenated alkanes) is 4. The van der Waals surface area contributed by atoms with Crippen LogP contribution in [-0.2, 0) is 4.79 Å². The lowest BCUT2D eigenvalue weighted by molar-refractivity contribution is -0.133. The van der Waals surface area contributed by atoms with Crippen LogP contribution >= 0.6 is 0 Å². The van der Waals surface area contributed by atoms with Gasteiger partial charge in [-0.15, -0.1) is 0 Å². The summed E-state index contributed by atoms with van der Waals surface area (Å²) in [6.45, 7) is 2.18. The van der Waals surface area contributed by atoms with Crippen LogP contribution in [0.25, 0.3) is 0 Å². The van der Waals surface area contributed by atoms with Crippen LogP contribution in [0.1, 0.15) is 45.4 Å². The minimum atomic E-state index is -0.341. The van der Waals surface area contributed by atoms with E-state index in [9.17, 15) is 9.18 Å². The molecule has 1 aromatic rings. The number of rotatable bonds is 8. The van der Waals surface area contributed by atoms with Gasteiger partial charge in [-0.05, 0) is 37.1 Å². The summed E-state index contributed by atoms with van der Waals surface area (Å²) in [7, 11) is 0. The molecule has 0 heterocycles. The maximum absolute atomic E-state index is 12.6. The van der Waals surface area contributed by atoms with Gasteiger partial charge in [0.1, 0.15) is 11.6 Å². The van der Waals surface area contributed by atoms with Gasteiger partial charge in [0, 0.05) is 0 Å². The third-order valence-electron chi connectivity index (χ3n) is 2.72. The molecule has 0 N–H and O–H groups in total. The van der Waals surface area contributed by atoms with E-state index in [0.717, 1.165) is 12.8 Å². The molecule has 0 aliphatic carbocycles. The van der Waals surface area contributed by atoms with E-state index in [-0.39, 0.29) is 18.2 Å². The third-order valence-corrected chi connectivity index (χ3v) is 2.72. The van der Waals surface area contributed by atoms with E-state index in [4.69, 9.17) is 4.74 Å². The summed E-state index contributed by atoms with van der Waals surface area (Å²) in [5.41, 5.74) is 0. The molecule has 104 valence electrons. The molecule has 0 amide bonds. The molecule has 0 aromatic heterocycles. The number of halogens is 1. The Bertz CT molecular complexity index is 396. The molecule has 3 heteroatoms. The normalized spacial score (nSPS) is 10.8. The monoisotopic (exact) mass is 264 g/mol. The molecule has 0 aliphatic rings. The Kier molecular flexibility index (Phi) is 7.56. The highest BCUT2D eigenvalue weighted by Crippen LogP contribution is 2.12. The van der Waals surface area contributed by atoms with Gasteiger partial charge < -0.3 is 4.74 Å². The summed E-state index contributed by atoms with van der Waals surface area (Å²) in [5.74, 6) is -0.286. The van der Waals surface area contributed by atoms with E-state index in [1.54, 1.807) is 0 Å². The first-order valence-electron chi connectivity index (χ1n) is 6.83. The first-order valence-corrected chi connectivity index (χ1v) is 6.83. The molecule has 2 nitrogen and oxygen atoms in total. The molecule has 0 aliphatic heterocycles. The molecule has 0 bridgehead atoms. The molecule has 1 aromatic carbocycles. The summed E-state index contributed by atoms with van der Waals surface area (Å²) in [4.78, 5) is 11.5. The lowest BCUT2D eigenvalue weighted by Crippen LogP contribution is -2.05. The molecule has 0 spiro atoms. The fraction of sp³-hybridized carbons (Fsp3) is 0.438. The SMILES string of the molecule is CCCCCC/C=C/CC(=O)Oc1ccc(F)cc1. The van der Waals surface area contributed by atoms with Crippen LogP contribution in [0.15, 0.2) is 36.4 Å². The molecule has 19 heavy (non-hydrogen) atoms. The number of ether oxygens (including phenoxy) is 1. The second-order valence-electron chi connectivity index (χ2n) is 4.45. The zero-order valence-corrected chi connectivity index (χ0v) is 11.4. The Hall–Kier alpha value is -1.64. The topological polar surface area (TPSA) is 26.3 Å². The summed E-state index contributed by atoms with van der Waals surface area (Å²) < 4.78 is 17.7. The van der Waals surface area contributed by atoms with Crippen molar-refractivity contribution in [1.82, 2.24) is 0 Å². The number of carbonyl (C=O) groups is 1.